The van der Waals surface area contributed by atoms with E-state index < -0.39 is 29.2 Å². The van der Waals surface area contributed by atoms with Crippen LogP contribution in [0.2, 0.25) is 0 Å². The van der Waals surface area contributed by atoms with E-state index in [2.05, 4.69) is 5.32 Å². The van der Waals surface area contributed by atoms with E-state index in [0.717, 1.165) is 0 Å². The molecular formula is C10H17NO5. The Morgan fingerprint density at radius 3 is 2.38 bits per heavy atom. The molecule has 1 aliphatic heterocycles. The smallest absolute Gasteiger partial charge is 0.340 e. The first-order chi connectivity index (χ1) is 7.14. The van der Waals surface area contributed by atoms with Gasteiger partial charge in [-0.2, -0.15) is 0 Å². The molecule has 0 aromatic carbocycles. The number of carbonyl (C=O) groups excluding carboxylic acids is 1. The van der Waals surface area contributed by atoms with Crippen molar-refractivity contribution in [2.75, 3.05) is 6.54 Å². The lowest BCUT2D eigenvalue weighted by molar-refractivity contribution is -0.175. The Morgan fingerprint density at radius 1 is 1.44 bits per heavy atom. The second-order valence-electron chi connectivity index (χ2n) is 5.01. The molecule has 1 rings (SSSR count). The van der Waals surface area contributed by atoms with Gasteiger partial charge < -0.3 is 20.3 Å². The summed E-state index contributed by atoms with van der Waals surface area (Å²) in [5.41, 5.74) is -2.44. The number of carbonyl (C=O) groups is 2. The number of esters is 1. The van der Waals surface area contributed by atoms with Gasteiger partial charge in [-0.15, -0.1) is 0 Å². The summed E-state index contributed by atoms with van der Waals surface area (Å²) in [5.74, 6) is -1.87. The monoisotopic (exact) mass is 231 g/mol. The molecule has 6 heteroatoms. The molecule has 16 heavy (non-hydrogen) atoms. The Labute approximate surface area is 93.6 Å². The molecule has 1 aliphatic rings. The Balaban J connectivity index is 2.67. The van der Waals surface area contributed by atoms with Crippen molar-refractivity contribution < 1.29 is 24.5 Å². The highest BCUT2D eigenvalue weighted by Crippen LogP contribution is 2.23. The zero-order valence-corrected chi connectivity index (χ0v) is 9.61. The number of hydrogen-bond donors (Lipinski definition) is 3. The van der Waals surface area contributed by atoms with Crippen molar-refractivity contribution in [1.29, 1.82) is 0 Å². The molecular weight excluding hydrogens is 214 g/mol. The van der Waals surface area contributed by atoms with Crippen molar-refractivity contribution in [3.8, 4) is 0 Å². The molecule has 0 amide bonds. The van der Waals surface area contributed by atoms with E-state index >= 15 is 0 Å². The number of ether oxygens (including phenoxy) is 1. The van der Waals surface area contributed by atoms with Crippen molar-refractivity contribution >= 4 is 11.9 Å². The van der Waals surface area contributed by atoms with Gasteiger partial charge in [0.2, 0.25) is 0 Å². The van der Waals surface area contributed by atoms with Crippen LogP contribution in [0.5, 0.6) is 0 Å². The molecule has 6 nitrogen and oxygen atoms in total. The van der Waals surface area contributed by atoms with E-state index in [1.54, 1.807) is 20.8 Å². The molecule has 0 aromatic rings. The normalized spacial score (nSPS) is 30.1. The number of hydrogen-bond acceptors (Lipinski definition) is 5. The molecule has 0 saturated carbocycles. The molecule has 3 N–H and O–H groups in total. The summed E-state index contributed by atoms with van der Waals surface area (Å²) in [4.78, 5) is 22.3. The summed E-state index contributed by atoms with van der Waals surface area (Å²) in [6, 6.07) is -0.905. The number of aliphatic hydroxyl groups is 1. The van der Waals surface area contributed by atoms with Gasteiger partial charge in [0.05, 0.1) is 0 Å². The van der Waals surface area contributed by atoms with E-state index in [9.17, 15) is 14.7 Å². The van der Waals surface area contributed by atoms with Crippen LogP contribution >= 0.6 is 0 Å². The van der Waals surface area contributed by atoms with Crippen LogP contribution in [0.4, 0.5) is 0 Å². The van der Waals surface area contributed by atoms with Gasteiger partial charge in [0.1, 0.15) is 11.6 Å². The third kappa shape index (κ3) is 2.93. The highest BCUT2D eigenvalue weighted by molar-refractivity contribution is 5.83. The minimum Gasteiger partial charge on any atom is -0.480 e. The molecule has 1 heterocycles. The molecule has 0 bridgehead atoms. The van der Waals surface area contributed by atoms with Crippen molar-refractivity contribution in [2.45, 2.75) is 44.4 Å². The molecule has 0 radical (unpaired) electrons. The third-order valence-corrected chi connectivity index (χ3v) is 2.26. The molecule has 0 spiro atoms. The second kappa shape index (κ2) is 4.03. The van der Waals surface area contributed by atoms with Gasteiger partial charge in [-0.1, -0.05) is 0 Å². The van der Waals surface area contributed by atoms with Crippen LogP contribution in [-0.2, 0) is 14.3 Å². The first kappa shape index (κ1) is 12.9. The van der Waals surface area contributed by atoms with Crippen LogP contribution in [0.3, 0.4) is 0 Å². The second-order valence-corrected chi connectivity index (χ2v) is 5.01. The van der Waals surface area contributed by atoms with Crippen molar-refractivity contribution in [3.63, 3.8) is 0 Å². The van der Waals surface area contributed by atoms with Gasteiger partial charge in [-0.3, -0.25) is 4.79 Å². The van der Waals surface area contributed by atoms with Crippen LogP contribution < -0.4 is 5.32 Å². The number of rotatable bonds is 2. The molecule has 92 valence electrons. The van der Waals surface area contributed by atoms with Gasteiger partial charge in [0.15, 0.2) is 5.60 Å². The number of aliphatic carboxylic acids is 1. The summed E-state index contributed by atoms with van der Waals surface area (Å²) >= 11 is 0. The molecule has 0 aromatic heterocycles. The summed E-state index contributed by atoms with van der Waals surface area (Å²) in [7, 11) is 0. The van der Waals surface area contributed by atoms with Crippen LogP contribution in [0, 0.1) is 0 Å². The number of carboxylic acid groups (broad SMARTS) is 1. The van der Waals surface area contributed by atoms with Crippen LogP contribution in [0.1, 0.15) is 27.2 Å². The van der Waals surface area contributed by atoms with E-state index in [0.29, 0.717) is 0 Å². The van der Waals surface area contributed by atoms with Gasteiger partial charge >= 0.3 is 11.9 Å². The summed E-state index contributed by atoms with van der Waals surface area (Å²) < 4.78 is 5.03. The highest BCUT2D eigenvalue weighted by atomic mass is 16.6. The molecule has 2 atom stereocenters. The van der Waals surface area contributed by atoms with E-state index in [-0.39, 0.29) is 13.0 Å². The molecule has 2 unspecified atom stereocenters. The SMILES string of the molecule is CC(C)(C)OC(=O)C1(O)CNC(C(=O)O)C1. The highest BCUT2D eigenvalue weighted by Gasteiger charge is 2.48. The van der Waals surface area contributed by atoms with Crippen molar-refractivity contribution in [1.82, 2.24) is 5.32 Å². The van der Waals surface area contributed by atoms with Crippen LogP contribution in [0.25, 0.3) is 0 Å². The zero-order valence-electron chi connectivity index (χ0n) is 9.61. The number of carboxylic acids is 1. The molecule has 1 fully saturated rings. The van der Waals surface area contributed by atoms with E-state index in [1.807, 2.05) is 0 Å². The maximum absolute atomic E-state index is 11.6. The Kier molecular flexibility index (Phi) is 3.25. The fourth-order valence-corrected chi connectivity index (χ4v) is 1.48. The first-order valence-corrected chi connectivity index (χ1v) is 5.06. The fraction of sp³-hybridized carbons (Fsp3) is 0.800. The minimum absolute atomic E-state index is 0.0983. The number of nitrogens with one attached hydrogen (secondary N) is 1. The zero-order chi connectivity index (χ0) is 12.6. The fourth-order valence-electron chi connectivity index (χ4n) is 1.48. The Bertz CT molecular complexity index is 309. The maximum atomic E-state index is 11.6. The van der Waals surface area contributed by atoms with E-state index in [4.69, 9.17) is 9.84 Å². The summed E-state index contributed by atoms with van der Waals surface area (Å²) in [6.45, 7) is 4.96. The average molecular weight is 231 g/mol. The molecule has 1 saturated heterocycles. The number of β-amino-alcohol motifs (C(OH)–C–C–N with tert-alkyl or cyclic N) is 1. The predicted octanol–water partition coefficient (Wildman–Crippen LogP) is -0.494. The Hall–Kier alpha value is -1.14. The predicted molar refractivity (Wildman–Crippen MR) is 54.8 cm³/mol. The first-order valence-electron chi connectivity index (χ1n) is 5.06. The van der Waals surface area contributed by atoms with Crippen molar-refractivity contribution in [3.05, 3.63) is 0 Å². The average Bonchev–Trinajstić information content (AvgIpc) is 2.46. The van der Waals surface area contributed by atoms with Crippen LogP contribution in [-0.4, -0.2) is 45.9 Å². The van der Waals surface area contributed by atoms with Gasteiger partial charge in [0, 0.05) is 13.0 Å². The summed E-state index contributed by atoms with van der Waals surface area (Å²) in [5, 5.41) is 21.2. The van der Waals surface area contributed by atoms with Gasteiger partial charge in [-0.25, -0.2) is 4.79 Å². The van der Waals surface area contributed by atoms with Crippen LogP contribution in [0.15, 0.2) is 0 Å². The third-order valence-electron chi connectivity index (χ3n) is 2.26. The minimum atomic E-state index is -1.74. The molecule has 0 aliphatic carbocycles. The maximum Gasteiger partial charge on any atom is 0.340 e. The largest absolute Gasteiger partial charge is 0.480 e. The standard InChI is InChI=1S/C10H17NO5/c1-9(2,3)16-8(14)10(15)4-6(7(12)13)11-5-10/h6,11,15H,4-5H2,1-3H3,(H,12,13). The summed E-state index contributed by atoms with van der Waals surface area (Å²) in [6.07, 6.45) is -0.169. The lowest BCUT2D eigenvalue weighted by Gasteiger charge is -2.26. The topological polar surface area (TPSA) is 95.9 Å². The lowest BCUT2D eigenvalue weighted by Crippen LogP contribution is -2.45. The van der Waals surface area contributed by atoms with Gasteiger partial charge in [-0.05, 0) is 20.8 Å². The quantitative estimate of drug-likeness (QED) is 0.555. The Morgan fingerprint density at radius 2 is 2.00 bits per heavy atom. The lowest BCUT2D eigenvalue weighted by atomic mass is 10.00. The van der Waals surface area contributed by atoms with Crippen molar-refractivity contribution in [2.24, 2.45) is 0 Å². The van der Waals surface area contributed by atoms with Gasteiger partial charge in [0.25, 0.3) is 0 Å². The van der Waals surface area contributed by atoms with E-state index in [1.165, 1.54) is 0 Å².